The Bertz CT molecular complexity index is 1030. The van der Waals surface area contributed by atoms with Gasteiger partial charge in [0.05, 0.1) is 27.9 Å². The van der Waals surface area contributed by atoms with E-state index in [0.717, 1.165) is 0 Å². The van der Waals surface area contributed by atoms with E-state index in [0.29, 0.717) is 17.4 Å². The first kappa shape index (κ1) is 26.6. The van der Waals surface area contributed by atoms with Gasteiger partial charge in [0, 0.05) is 18.9 Å². The van der Waals surface area contributed by atoms with Gasteiger partial charge in [-0.15, -0.1) is 5.10 Å². The molecule has 4 rings (SSSR count). The van der Waals surface area contributed by atoms with Crippen molar-refractivity contribution in [1.82, 2.24) is 25.7 Å². The summed E-state index contributed by atoms with van der Waals surface area (Å²) >= 11 is 0. The molecule has 0 unspecified atom stereocenters. The molecule has 0 aromatic carbocycles. The first-order valence-electron chi connectivity index (χ1n) is 12.1. The number of aromatic amines is 2. The van der Waals surface area contributed by atoms with Crippen LogP contribution in [0.3, 0.4) is 0 Å². The third-order valence-corrected chi connectivity index (χ3v) is 7.29. The van der Waals surface area contributed by atoms with Gasteiger partial charge in [0.15, 0.2) is 0 Å². The lowest BCUT2D eigenvalue weighted by atomic mass is 9.80. The van der Waals surface area contributed by atoms with Crippen molar-refractivity contribution in [2.75, 3.05) is 6.54 Å². The predicted octanol–water partition coefficient (Wildman–Crippen LogP) is 1.02. The average Bonchev–Trinajstić information content (AvgIpc) is 3.49. The Kier molecular flexibility index (Phi) is 6.97. The van der Waals surface area contributed by atoms with Gasteiger partial charge in [-0.1, -0.05) is 0 Å². The molecule has 0 atom stereocenters. The van der Waals surface area contributed by atoms with Crippen LogP contribution >= 0.6 is 0 Å². The van der Waals surface area contributed by atoms with E-state index in [-0.39, 0.29) is 12.4 Å². The standard InChI is InChI=1S/C21H34B3N5O7/c1-18(2)19(3,4)34-22(33-18)10-12-25-17(30)32-24(15-9-11-26-28-15)31-16-14(13-27-29-16)23-35-20(5,6)21(7,8)36-23/h9,11,13H,10,12H2,1-8H3,(H,25,30)(H,26,28)(H,27,29). The van der Waals surface area contributed by atoms with Gasteiger partial charge in [-0.3, -0.25) is 10.2 Å². The number of rotatable bonds is 8. The van der Waals surface area contributed by atoms with Gasteiger partial charge >= 0.3 is 27.4 Å². The van der Waals surface area contributed by atoms with E-state index in [4.69, 9.17) is 27.9 Å². The van der Waals surface area contributed by atoms with Crippen LogP contribution in [0.2, 0.25) is 6.32 Å². The number of H-pyrrole nitrogens is 2. The van der Waals surface area contributed by atoms with E-state index < -0.39 is 49.9 Å². The second-order valence-corrected chi connectivity index (χ2v) is 11.0. The van der Waals surface area contributed by atoms with Gasteiger partial charge in [0.1, 0.15) is 5.59 Å². The van der Waals surface area contributed by atoms with E-state index in [2.05, 4.69) is 25.7 Å². The molecule has 2 saturated heterocycles. The molecule has 2 aromatic rings. The monoisotopic (exact) mass is 501 g/mol. The molecule has 0 saturated carbocycles. The summed E-state index contributed by atoms with van der Waals surface area (Å²) < 4.78 is 35.6. The lowest BCUT2D eigenvalue weighted by molar-refractivity contribution is 0.00578. The first-order valence-corrected chi connectivity index (χ1v) is 12.1. The topological polar surface area (TPSA) is 142 Å². The van der Waals surface area contributed by atoms with Crippen LogP contribution in [0.5, 0.6) is 5.88 Å². The quantitative estimate of drug-likeness (QED) is 0.453. The summed E-state index contributed by atoms with van der Waals surface area (Å²) in [5, 5.41) is 16.4. The third-order valence-electron chi connectivity index (χ3n) is 7.29. The Morgan fingerprint density at radius 1 is 0.972 bits per heavy atom. The number of nitrogens with zero attached hydrogens (tertiary/aromatic N) is 2. The van der Waals surface area contributed by atoms with Crippen LogP contribution < -0.4 is 21.0 Å². The molecule has 15 heteroatoms. The maximum Gasteiger partial charge on any atom is 0.658 e. The van der Waals surface area contributed by atoms with Crippen LogP contribution in [0.4, 0.5) is 4.79 Å². The normalized spacial score (nSPS) is 21.4. The van der Waals surface area contributed by atoms with Crippen LogP contribution in [0.15, 0.2) is 18.5 Å². The van der Waals surface area contributed by atoms with Crippen LogP contribution in [0.1, 0.15) is 55.4 Å². The molecule has 0 aliphatic carbocycles. The zero-order valence-corrected chi connectivity index (χ0v) is 22.1. The summed E-state index contributed by atoms with van der Waals surface area (Å²) in [5.41, 5.74) is -1.05. The predicted molar refractivity (Wildman–Crippen MR) is 134 cm³/mol. The minimum Gasteiger partial charge on any atom is -0.506 e. The number of amides is 1. The summed E-state index contributed by atoms with van der Waals surface area (Å²) in [7, 11) is -2.31. The highest BCUT2D eigenvalue weighted by molar-refractivity contribution is 6.65. The van der Waals surface area contributed by atoms with Crippen molar-refractivity contribution in [2.24, 2.45) is 0 Å². The molecule has 4 heterocycles. The van der Waals surface area contributed by atoms with Gasteiger partial charge in [-0.2, -0.15) is 5.10 Å². The highest BCUT2D eigenvalue weighted by Crippen LogP contribution is 2.38. The second-order valence-electron chi connectivity index (χ2n) is 11.0. The van der Waals surface area contributed by atoms with Gasteiger partial charge in [-0.25, -0.2) is 4.79 Å². The van der Waals surface area contributed by atoms with Crippen LogP contribution in [-0.4, -0.2) is 76.8 Å². The molecular weight excluding hydrogens is 467 g/mol. The van der Waals surface area contributed by atoms with E-state index in [1.807, 2.05) is 55.4 Å². The molecule has 2 aliphatic heterocycles. The molecule has 3 N–H and O–H groups in total. The van der Waals surface area contributed by atoms with Crippen molar-refractivity contribution in [3.05, 3.63) is 18.5 Å². The van der Waals surface area contributed by atoms with Gasteiger partial charge in [-0.05, 0) is 67.8 Å². The summed E-state index contributed by atoms with van der Waals surface area (Å²) in [6, 6.07) is 1.64. The number of hydrogen-bond acceptors (Lipinski definition) is 9. The largest absolute Gasteiger partial charge is 0.658 e. The Morgan fingerprint density at radius 3 is 2.17 bits per heavy atom. The molecule has 0 radical (unpaired) electrons. The number of aromatic nitrogens is 4. The number of carbonyl (C=O) groups is 1. The fraction of sp³-hybridized carbons (Fsp3) is 0.667. The van der Waals surface area contributed by atoms with Crippen LogP contribution in [-0.2, 0) is 23.3 Å². The second kappa shape index (κ2) is 9.44. The Balaban J connectivity index is 1.37. The number of carbonyl (C=O) groups excluding carboxylic acids is 1. The van der Waals surface area contributed by atoms with E-state index in [9.17, 15) is 4.79 Å². The number of hydrogen-bond donors (Lipinski definition) is 3. The average molecular weight is 501 g/mol. The van der Waals surface area contributed by atoms with Crippen molar-refractivity contribution >= 4 is 38.5 Å². The molecule has 0 bridgehead atoms. The Hall–Kier alpha value is -2.48. The van der Waals surface area contributed by atoms with Crippen LogP contribution in [0.25, 0.3) is 0 Å². The maximum atomic E-state index is 12.6. The zero-order valence-electron chi connectivity index (χ0n) is 22.1. The molecule has 12 nitrogen and oxygen atoms in total. The highest BCUT2D eigenvalue weighted by Gasteiger charge is 2.53. The van der Waals surface area contributed by atoms with Gasteiger partial charge < -0.3 is 33.2 Å². The van der Waals surface area contributed by atoms with Gasteiger partial charge in [0.2, 0.25) is 5.88 Å². The number of nitrogens with one attached hydrogen (secondary N) is 3. The van der Waals surface area contributed by atoms with Crippen molar-refractivity contribution in [3.63, 3.8) is 0 Å². The minimum atomic E-state index is -1.17. The fourth-order valence-corrected chi connectivity index (χ4v) is 3.68. The summed E-state index contributed by atoms with van der Waals surface area (Å²) in [6.45, 7) is 16.0. The molecule has 0 spiro atoms. The Labute approximate surface area is 212 Å². The molecule has 36 heavy (non-hydrogen) atoms. The third kappa shape index (κ3) is 5.29. The molecular formula is C21H34B3N5O7. The van der Waals surface area contributed by atoms with Crippen molar-refractivity contribution in [3.8, 4) is 5.88 Å². The smallest absolute Gasteiger partial charge is 0.506 e. The molecule has 2 aromatic heterocycles. The lowest BCUT2D eigenvalue weighted by Gasteiger charge is -2.32. The molecule has 2 aliphatic rings. The highest BCUT2D eigenvalue weighted by atomic mass is 16.7. The molecule has 1 amide bonds. The molecule has 194 valence electrons. The first-order chi connectivity index (χ1) is 16.7. The summed E-state index contributed by atoms with van der Waals surface area (Å²) in [6.07, 6.45) is 3.00. The van der Waals surface area contributed by atoms with Crippen molar-refractivity contribution < 1.29 is 32.7 Å². The van der Waals surface area contributed by atoms with Crippen molar-refractivity contribution in [1.29, 1.82) is 0 Å². The van der Waals surface area contributed by atoms with E-state index in [1.54, 1.807) is 18.5 Å². The van der Waals surface area contributed by atoms with Gasteiger partial charge in [0.25, 0.3) is 0 Å². The van der Waals surface area contributed by atoms with E-state index in [1.165, 1.54) is 0 Å². The van der Waals surface area contributed by atoms with E-state index >= 15 is 0 Å². The van der Waals surface area contributed by atoms with Crippen molar-refractivity contribution in [2.45, 2.75) is 84.1 Å². The van der Waals surface area contributed by atoms with Crippen LogP contribution in [0, 0.1) is 0 Å². The minimum absolute atomic E-state index is 0.173. The zero-order chi connectivity index (χ0) is 26.4. The fourth-order valence-electron chi connectivity index (χ4n) is 3.68. The maximum absolute atomic E-state index is 12.6. The SMILES string of the molecule is CC1(C)OB(CCNC(=O)OB(Oc2n[nH]cc2B2OC(C)(C)C(C)(C)O2)c2cc[nH]n2)OC1(C)C. The Morgan fingerprint density at radius 2 is 1.58 bits per heavy atom. The summed E-state index contributed by atoms with van der Waals surface area (Å²) in [4.78, 5) is 12.6. The summed E-state index contributed by atoms with van der Waals surface area (Å²) in [5.74, 6) is 0.173. The lowest BCUT2D eigenvalue weighted by Crippen LogP contribution is -2.47. The molecule has 2 fully saturated rings.